The Kier molecular flexibility index (Phi) is 7.22. The number of aromatic nitrogens is 6. The summed E-state index contributed by atoms with van der Waals surface area (Å²) in [4.78, 5) is 30.7. The molecular weight excluding hydrogens is 496 g/mol. The van der Waals surface area contributed by atoms with Crippen molar-refractivity contribution >= 4 is 11.7 Å². The second-order valence-corrected chi connectivity index (χ2v) is 10.1. The topological polar surface area (TPSA) is 119 Å². The normalized spacial score (nSPS) is 19.3. The molecule has 0 amide bonds. The van der Waals surface area contributed by atoms with Crippen molar-refractivity contribution in [3.8, 4) is 17.4 Å². The molecule has 202 valence electrons. The van der Waals surface area contributed by atoms with Crippen molar-refractivity contribution in [2.75, 3.05) is 18.0 Å². The molecule has 1 aliphatic carbocycles. The van der Waals surface area contributed by atoms with Crippen LogP contribution in [0.2, 0.25) is 0 Å². The van der Waals surface area contributed by atoms with Gasteiger partial charge in [0.15, 0.2) is 5.82 Å². The van der Waals surface area contributed by atoms with E-state index in [1.807, 2.05) is 13.0 Å². The van der Waals surface area contributed by atoms with Crippen molar-refractivity contribution in [2.45, 2.75) is 63.9 Å². The first-order valence-corrected chi connectivity index (χ1v) is 12.9. The Morgan fingerprint density at radius 2 is 2.05 bits per heavy atom. The van der Waals surface area contributed by atoms with Gasteiger partial charge in [-0.05, 0) is 31.2 Å². The lowest BCUT2D eigenvalue weighted by molar-refractivity contribution is -0.139. The third-order valence-corrected chi connectivity index (χ3v) is 7.29. The molecule has 12 heteroatoms. The molecule has 0 unspecified atom stereocenters. The monoisotopic (exact) mass is 527 g/mol. The van der Waals surface area contributed by atoms with Crippen LogP contribution >= 0.6 is 0 Å². The molecule has 4 heterocycles. The fourth-order valence-corrected chi connectivity index (χ4v) is 5.15. The van der Waals surface area contributed by atoms with E-state index in [4.69, 9.17) is 14.8 Å². The lowest BCUT2D eigenvalue weighted by atomic mass is 9.83. The number of carbonyl (C=O) groups is 1. The number of halogens is 2. The summed E-state index contributed by atoms with van der Waals surface area (Å²) in [6.07, 6.45) is 8.12. The number of rotatable bonds is 9. The summed E-state index contributed by atoms with van der Waals surface area (Å²) >= 11 is 0. The summed E-state index contributed by atoms with van der Waals surface area (Å²) in [5, 5.41) is 13.5. The highest BCUT2D eigenvalue weighted by atomic mass is 19.3. The van der Waals surface area contributed by atoms with Crippen LogP contribution in [0.3, 0.4) is 0 Å². The fraction of sp³-hybridized carbons (Fsp3) is 0.538. The number of alkyl halides is 2. The van der Waals surface area contributed by atoms with Gasteiger partial charge in [-0.25, -0.2) is 23.7 Å². The van der Waals surface area contributed by atoms with E-state index in [9.17, 15) is 13.6 Å². The molecule has 1 N–H and O–H groups in total. The molecule has 3 aromatic heterocycles. The Labute approximate surface area is 219 Å². The predicted octanol–water partition coefficient (Wildman–Crippen LogP) is 4.01. The molecule has 1 atom stereocenters. The Morgan fingerprint density at radius 3 is 2.76 bits per heavy atom. The number of aryl methyl sites for hydroxylation is 2. The van der Waals surface area contributed by atoms with Gasteiger partial charge in [0, 0.05) is 32.1 Å². The average Bonchev–Trinajstić information content (AvgIpc) is 3.20. The maximum absolute atomic E-state index is 14.5. The van der Waals surface area contributed by atoms with Gasteiger partial charge in [-0.3, -0.25) is 9.48 Å². The number of hydrogen-bond acceptors (Lipinski definition) is 8. The van der Waals surface area contributed by atoms with Crippen LogP contribution in [-0.4, -0.2) is 59.8 Å². The lowest BCUT2D eigenvalue weighted by Gasteiger charge is -2.38. The van der Waals surface area contributed by atoms with Crippen molar-refractivity contribution in [3.05, 3.63) is 41.7 Å². The maximum Gasteiger partial charge on any atom is 0.316 e. The molecule has 1 aliphatic heterocycles. The van der Waals surface area contributed by atoms with Crippen molar-refractivity contribution in [3.63, 3.8) is 0 Å². The standard InChI is InChI=1S/C26H31F2N7O3/c1-3-19-21(35-13-16(9-23(36)37)10-26(27,28)15-35)12-30-24(32-19)18-11-31-34(2)22(18)14-38-25-29-8-7-20(33-25)17-5-4-6-17/h7-8,11-12,16-17H,3-6,9-10,13-15H2,1-2H3,(H,36,37)/t16-/m0/s1. The summed E-state index contributed by atoms with van der Waals surface area (Å²) in [6, 6.07) is 2.23. The number of ether oxygens (including phenoxy) is 1. The van der Waals surface area contributed by atoms with Gasteiger partial charge in [-0.1, -0.05) is 13.3 Å². The molecule has 5 rings (SSSR count). The minimum atomic E-state index is -2.99. The number of aliphatic carboxylic acids is 1. The molecule has 38 heavy (non-hydrogen) atoms. The SMILES string of the molecule is CCc1nc(-c2cnn(C)c2COc2nccc(C3CCC3)n2)ncc1N1C[C@@H](CC(=O)O)CC(F)(F)C1. The van der Waals surface area contributed by atoms with Gasteiger partial charge in [-0.2, -0.15) is 10.1 Å². The third-order valence-electron chi connectivity index (χ3n) is 7.29. The minimum absolute atomic E-state index is 0.155. The van der Waals surface area contributed by atoms with Gasteiger partial charge in [0.05, 0.1) is 53.7 Å². The van der Waals surface area contributed by atoms with Crippen molar-refractivity contribution in [1.29, 1.82) is 0 Å². The van der Waals surface area contributed by atoms with Crippen LogP contribution in [0.25, 0.3) is 11.4 Å². The summed E-state index contributed by atoms with van der Waals surface area (Å²) in [5.74, 6) is -3.86. The number of carboxylic acid groups (broad SMARTS) is 1. The minimum Gasteiger partial charge on any atom is -0.481 e. The molecule has 0 spiro atoms. The molecule has 2 aliphatic rings. The van der Waals surface area contributed by atoms with E-state index >= 15 is 0 Å². The van der Waals surface area contributed by atoms with Crippen LogP contribution in [0, 0.1) is 5.92 Å². The van der Waals surface area contributed by atoms with Gasteiger partial charge in [0.25, 0.3) is 5.92 Å². The first kappa shape index (κ1) is 25.9. The summed E-state index contributed by atoms with van der Waals surface area (Å²) < 4.78 is 36.6. The highest BCUT2D eigenvalue weighted by Crippen LogP contribution is 2.37. The zero-order chi connectivity index (χ0) is 26.9. The van der Waals surface area contributed by atoms with Crippen LogP contribution in [0.1, 0.15) is 62.0 Å². The van der Waals surface area contributed by atoms with Gasteiger partial charge >= 0.3 is 12.0 Å². The summed E-state index contributed by atoms with van der Waals surface area (Å²) in [5.41, 5.74) is 3.48. The van der Waals surface area contributed by atoms with Gasteiger partial charge < -0.3 is 14.7 Å². The Morgan fingerprint density at radius 1 is 1.24 bits per heavy atom. The molecule has 2 fully saturated rings. The average molecular weight is 528 g/mol. The first-order chi connectivity index (χ1) is 18.2. The van der Waals surface area contributed by atoms with E-state index < -0.39 is 30.8 Å². The second-order valence-electron chi connectivity index (χ2n) is 10.1. The molecule has 0 bridgehead atoms. The Bertz CT molecular complexity index is 1310. The van der Waals surface area contributed by atoms with Crippen molar-refractivity contribution < 1.29 is 23.4 Å². The highest BCUT2D eigenvalue weighted by Gasteiger charge is 2.41. The Balaban J connectivity index is 1.36. The smallest absolute Gasteiger partial charge is 0.316 e. The highest BCUT2D eigenvalue weighted by molar-refractivity contribution is 5.67. The molecule has 0 radical (unpaired) electrons. The van der Waals surface area contributed by atoms with E-state index in [1.165, 1.54) is 11.3 Å². The van der Waals surface area contributed by atoms with Crippen LogP contribution in [0.5, 0.6) is 6.01 Å². The number of nitrogens with zero attached hydrogens (tertiary/aromatic N) is 7. The molecular formula is C26H31F2N7O3. The van der Waals surface area contributed by atoms with Crippen LogP contribution in [0.4, 0.5) is 14.5 Å². The number of carboxylic acids is 1. The maximum atomic E-state index is 14.5. The molecule has 1 saturated heterocycles. The van der Waals surface area contributed by atoms with Crippen LogP contribution < -0.4 is 9.64 Å². The second kappa shape index (κ2) is 10.6. The molecule has 10 nitrogen and oxygen atoms in total. The molecule has 0 aromatic carbocycles. The van der Waals surface area contributed by atoms with Gasteiger partial charge in [-0.15, -0.1) is 0 Å². The predicted molar refractivity (Wildman–Crippen MR) is 134 cm³/mol. The summed E-state index contributed by atoms with van der Waals surface area (Å²) in [6.45, 7) is 1.77. The van der Waals surface area contributed by atoms with E-state index in [-0.39, 0.29) is 19.6 Å². The largest absolute Gasteiger partial charge is 0.481 e. The number of piperidine rings is 1. The van der Waals surface area contributed by atoms with E-state index in [1.54, 1.807) is 30.3 Å². The summed E-state index contributed by atoms with van der Waals surface area (Å²) in [7, 11) is 1.79. The van der Waals surface area contributed by atoms with E-state index in [0.29, 0.717) is 41.1 Å². The van der Waals surface area contributed by atoms with Gasteiger partial charge in [0.1, 0.15) is 6.61 Å². The van der Waals surface area contributed by atoms with Crippen LogP contribution in [-0.2, 0) is 24.9 Å². The van der Waals surface area contributed by atoms with Gasteiger partial charge in [0.2, 0.25) is 0 Å². The van der Waals surface area contributed by atoms with E-state index in [2.05, 4.69) is 20.1 Å². The lowest BCUT2D eigenvalue weighted by Crippen LogP contribution is -2.48. The van der Waals surface area contributed by atoms with E-state index in [0.717, 1.165) is 24.2 Å². The quantitative estimate of drug-likeness (QED) is 0.440. The molecule has 1 saturated carbocycles. The third kappa shape index (κ3) is 5.58. The van der Waals surface area contributed by atoms with Crippen LogP contribution in [0.15, 0.2) is 24.7 Å². The number of anilines is 1. The van der Waals surface area contributed by atoms with Crippen molar-refractivity contribution in [2.24, 2.45) is 13.0 Å². The Hall–Kier alpha value is -3.70. The molecule has 3 aromatic rings. The zero-order valence-corrected chi connectivity index (χ0v) is 21.5. The first-order valence-electron chi connectivity index (χ1n) is 12.9. The van der Waals surface area contributed by atoms with Crippen molar-refractivity contribution in [1.82, 2.24) is 29.7 Å². The zero-order valence-electron chi connectivity index (χ0n) is 21.5. The fourth-order valence-electron chi connectivity index (χ4n) is 5.15. The number of hydrogen-bond donors (Lipinski definition) is 1.